The average molecular weight is 332 g/mol. The van der Waals surface area contributed by atoms with Crippen LogP contribution in [0.3, 0.4) is 0 Å². The van der Waals surface area contributed by atoms with Crippen molar-refractivity contribution in [1.82, 2.24) is 9.80 Å². The molecule has 0 saturated carbocycles. The smallest absolute Gasteiger partial charge is 0.242 e. The Bertz CT molecular complexity index is 378. The summed E-state index contributed by atoms with van der Waals surface area (Å²) >= 11 is 0. The monoisotopic (exact) mass is 331 g/mol. The van der Waals surface area contributed by atoms with Gasteiger partial charge in [-0.1, -0.05) is 19.8 Å². The van der Waals surface area contributed by atoms with Crippen LogP contribution in [0.1, 0.15) is 51.9 Å². The normalized spacial score (nSPS) is 26.9. The molecule has 2 aliphatic heterocycles. The number of piperidine rings is 1. The van der Waals surface area contributed by atoms with Gasteiger partial charge in [0.25, 0.3) is 0 Å². The van der Waals surface area contributed by atoms with Gasteiger partial charge in [0.05, 0.1) is 6.54 Å². The van der Waals surface area contributed by atoms with Crippen molar-refractivity contribution in [3.8, 4) is 0 Å². The summed E-state index contributed by atoms with van der Waals surface area (Å²) in [6, 6.07) is 0.145. The van der Waals surface area contributed by atoms with Gasteiger partial charge >= 0.3 is 0 Å². The van der Waals surface area contributed by atoms with Crippen LogP contribution in [0.5, 0.6) is 0 Å². The molecule has 22 heavy (non-hydrogen) atoms. The number of likely N-dealkylation sites (tertiary alicyclic amines) is 2. The molecule has 2 N–H and O–H groups in total. The molecule has 2 rings (SSSR count). The zero-order chi connectivity index (χ0) is 15.2. The molecule has 0 spiro atoms. The molecule has 0 aliphatic carbocycles. The van der Waals surface area contributed by atoms with Gasteiger partial charge in [0.1, 0.15) is 0 Å². The highest BCUT2D eigenvalue weighted by Gasteiger charge is 2.30. The van der Waals surface area contributed by atoms with E-state index in [1.807, 2.05) is 4.90 Å². The summed E-state index contributed by atoms with van der Waals surface area (Å²) in [5.74, 6) is 0.843. The molecule has 0 aromatic rings. The average Bonchev–Trinajstić information content (AvgIpc) is 2.46. The van der Waals surface area contributed by atoms with E-state index in [4.69, 9.17) is 5.73 Å². The fraction of sp³-hybridized carbons (Fsp3) is 0.875. The summed E-state index contributed by atoms with van der Waals surface area (Å²) in [4.78, 5) is 28.3. The fourth-order valence-electron chi connectivity index (χ4n) is 3.44. The number of hydrogen-bond acceptors (Lipinski definition) is 3. The molecule has 2 unspecified atom stereocenters. The Balaban J connectivity index is 0.00000242. The second-order valence-electron chi connectivity index (χ2n) is 6.59. The van der Waals surface area contributed by atoms with E-state index in [0.717, 1.165) is 51.6 Å². The first-order chi connectivity index (χ1) is 10.1. The zero-order valence-corrected chi connectivity index (χ0v) is 14.4. The van der Waals surface area contributed by atoms with Gasteiger partial charge in [-0.05, 0) is 31.6 Å². The third-order valence-corrected chi connectivity index (χ3v) is 4.82. The van der Waals surface area contributed by atoms with Gasteiger partial charge in [0.15, 0.2) is 0 Å². The largest absolute Gasteiger partial charge is 0.337 e. The van der Waals surface area contributed by atoms with E-state index >= 15 is 0 Å². The maximum absolute atomic E-state index is 12.6. The van der Waals surface area contributed by atoms with Crippen LogP contribution in [0.2, 0.25) is 0 Å². The number of rotatable bonds is 3. The van der Waals surface area contributed by atoms with Crippen LogP contribution in [0, 0.1) is 5.92 Å². The van der Waals surface area contributed by atoms with Gasteiger partial charge in [-0.2, -0.15) is 0 Å². The summed E-state index contributed by atoms with van der Waals surface area (Å²) in [7, 11) is 0. The third-order valence-electron chi connectivity index (χ3n) is 4.82. The Hall–Kier alpha value is -0.810. The molecule has 0 aromatic carbocycles. The van der Waals surface area contributed by atoms with Crippen LogP contribution < -0.4 is 5.73 Å². The van der Waals surface area contributed by atoms with Crippen molar-refractivity contribution >= 4 is 24.2 Å². The lowest BCUT2D eigenvalue weighted by atomic mass is 9.92. The van der Waals surface area contributed by atoms with Crippen LogP contribution in [-0.4, -0.2) is 53.8 Å². The first-order valence-corrected chi connectivity index (χ1v) is 8.39. The van der Waals surface area contributed by atoms with E-state index in [1.54, 1.807) is 4.90 Å². The first-order valence-electron chi connectivity index (χ1n) is 8.39. The first kappa shape index (κ1) is 19.2. The summed E-state index contributed by atoms with van der Waals surface area (Å²) in [6.07, 6.45) is 6.86. The Morgan fingerprint density at radius 3 is 2.68 bits per heavy atom. The Labute approximate surface area is 140 Å². The van der Waals surface area contributed by atoms with Gasteiger partial charge in [-0.15, -0.1) is 12.4 Å². The van der Waals surface area contributed by atoms with Crippen LogP contribution >= 0.6 is 12.4 Å². The SMILES string of the molecule is CC1CCN(C(=O)CN2CCCCCCC2=O)C(CN)C1.Cl. The predicted molar refractivity (Wildman–Crippen MR) is 89.9 cm³/mol. The minimum atomic E-state index is 0. The summed E-state index contributed by atoms with van der Waals surface area (Å²) in [5.41, 5.74) is 5.83. The van der Waals surface area contributed by atoms with Crippen molar-refractivity contribution in [3.63, 3.8) is 0 Å². The lowest BCUT2D eigenvalue weighted by molar-refractivity contribution is -0.143. The van der Waals surface area contributed by atoms with E-state index in [1.165, 1.54) is 0 Å². The molecule has 5 nitrogen and oxygen atoms in total. The van der Waals surface area contributed by atoms with E-state index in [0.29, 0.717) is 18.9 Å². The lowest BCUT2D eigenvalue weighted by Crippen LogP contribution is -2.52. The second-order valence-corrected chi connectivity index (χ2v) is 6.59. The second kappa shape index (κ2) is 9.36. The van der Waals surface area contributed by atoms with Crippen molar-refractivity contribution < 1.29 is 9.59 Å². The number of carbonyl (C=O) groups excluding carboxylic acids is 2. The van der Waals surface area contributed by atoms with Gasteiger partial charge in [0, 0.05) is 32.1 Å². The van der Waals surface area contributed by atoms with Crippen LogP contribution in [-0.2, 0) is 9.59 Å². The molecular formula is C16H30ClN3O2. The summed E-state index contributed by atoms with van der Waals surface area (Å²) < 4.78 is 0. The maximum atomic E-state index is 12.6. The van der Waals surface area contributed by atoms with Crippen molar-refractivity contribution in [3.05, 3.63) is 0 Å². The van der Waals surface area contributed by atoms with Crippen molar-refractivity contribution in [2.75, 3.05) is 26.2 Å². The number of nitrogens with zero attached hydrogens (tertiary/aromatic N) is 2. The molecule has 128 valence electrons. The van der Waals surface area contributed by atoms with Crippen LogP contribution in [0.15, 0.2) is 0 Å². The highest BCUT2D eigenvalue weighted by atomic mass is 35.5. The Kier molecular flexibility index (Phi) is 8.18. The number of amides is 2. The number of carbonyl (C=O) groups is 2. The fourth-order valence-corrected chi connectivity index (χ4v) is 3.44. The molecule has 2 fully saturated rings. The van der Waals surface area contributed by atoms with Crippen molar-refractivity contribution in [2.24, 2.45) is 11.7 Å². The molecule has 0 radical (unpaired) electrons. The Morgan fingerprint density at radius 2 is 1.95 bits per heavy atom. The summed E-state index contributed by atoms with van der Waals surface area (Å²) in [6.45, 7) is 4.48. The molecule has 2 aliphatic rings. The predicted octanol–water partition coefficient (Wildman–Crippen LogP) is 1.79. The van der Waals surface area contributed by atoms with E-state index in [2.05, 4.69) is 6.92 Å². The van der Waals surface area contributed by atoms with Crippen molar-refractivity contribution in [1.29, 1.82) is 0 Å². The molecule has 6 heteroatoms. The number of nitrogens with two attached hydrogens (primary N) is 1. The standard InChI is InChI=1S/C16H29N3O2.ClH/c1-13-7-9-19(14(10-13)11-17)16(21)12-18-8-5-3-2-4-6-15(18)20;/h13-14H,2-12,17H2,1H3;1H. The van der Waals surface area contributed by atoms with E-state index in [9.17, 15) is 9.59 Å². The Morgan fingerprint density at radius 1 is 1.23 bits per heavy atom. The topological polar surface area (TPSA) is 66.6 Å². The molecule has 0 aromatic heterocycles. The highest BCUT2D eigenvalue weighted by Crippen LogP contribution is 2.22. The molecule has 2 amide bonds. The zero-order valence-electron chi connectivity index (χ0n) is 13.6. The maximum Gasteiger partial charge on any atom is 0.242 e. The molecule has 2 saturated heterocycles. The minimum absolute atomic E-state index is 0. The third kappa shape index (κ3) is 5.13. The summed E-state index contributed by atoms with van der Waals surface area (Å²) in [5, 5.41) is 0. The lowest BCUT2D eigenvalue weighted by Gasteiger charge is -2.39. The van der Waals surface area contributed by atoms with E-state index in [-0.39, 0.29) is 36.8 Å². The highest BCUT2D eigenvalue weighted by molar-refractivity contribution is 5.85. The molecule has 0 bridgehead atoms. The van der Waals surface area contributed by atoms with Crippen LogP contribution in [0.4, 0.5) is 0 Å². The van der Waals surface area contributed by atoms with Gasteiger partial charge < -0.3 is 15.5 Å². The van der Waals surface area contributed by atoms with Gasteiger partial charge in [-0.3, -0.25) is 9.59 Å². The van der Waals surface area contributed by atoms with Crippen LogP contribution in [0.25, 0.3) is 0 Å². The minimum Gasteiger partial charge on any atom is -0.337 e. The van der Waals surface area contributed by atoms with E-state index < -0.39 is 0 Å². The number of halogens is 1. The van der Waals surface area contributed by atoms with Gasteiger partial charge in [-0.25, -0.2) is 0 Å². The molecular weight excluding hydrogens is 302 g/mol. The molecule has 2 heterocycles. The molecule has 2 atom stereocenters. The number of hydrogen-bond donors (Lipinski definition) is 1. The quantitative estimate of drug-likeness (QED) is 0.857. The van der Waals surface area contributed by atoms with Gasteiger partial charge in [0.2, 0.25) is 11.8 Å². The van der Waals surface area contributed by atoms with Crippen molar-refractivity contribution in [2.45, 2.75) is 57.9 Å².